The highest BCUT2D eigenvalue weighted by Crippen LogP contribution is 2.12. The SMILES string of the molecule is CCON(C)C(=O)c1cnn(Cc2ccc(OC)cc2)c1. The number of aromatic nitrogens is 2. The van der Waals surface area contributed by atoms with Crippen molar-refractivity contribution in [1.29, 1.82) is 0 Å². The summed E-state index contributed by atoms with van der Waals surface area (Å²) in [6.45, 7) is 2.87. The predicted octanol–water partition coefficient (Wildman–Crippen LogP) is 1.96. The van der Waals surface area contributed by atoms with Crippen LogP contribution in [0.1, 0.15) is 22.8 Å². The molecule has 0 aliphatic rings. The minimum Gasteiger partial charge on any atom is -0.497 e. The van der Waals surface area contributed by atoms with Crippen molar-refractivity contribution in [3.8, 4) is 5.75 Å². The van der Waals surface area contributed by atoms with Crippen LogP contribution in [0.5, 0.6) is 5.75 Å². The van der Waals surface area contributed by atoms with Crippen LogP contribution in [0.15, 0.2) is 36.7 Å². The quantitative estimate of drug-likeness (QED) is 0.763. The monoisotopic (exact) mass is 289 g/mol. The molecule has 21 heavy (non-hydrogen) atoms. The van der Waals surface area contributed by atoms with Gasteiger partial charge in [-0.05, 0) is 24.6 Å². The van der Waals surface area contributed by atoms with Crippen LogP contribution in [-0.4, -0.2) is 41.5 Å². The van der Waals surface area contributed by atoms with Gasteiger partial charge in [-0.15, -0.1) is 0 Å². The second-order valence-electron chi connectivity index (χ2n) is 4.50. The molecule has 0 radical (unpaired) electrons. The first-order valence-corrected chi connectivity index (χ1v) is 6.70. The lowest BCUT2D eigenvalue weighted by atomic mass is 10.2. The highest BCUT2D eigenvalue weighted by Gasteiger charge is 2.14. The van der Waals surface area contributed by atoms with Gasteiger partial charge in [-0.2, -0.15) is 5.10 Å². The molecule has 0 aliphatic carbocycles. The standard InChI is InChI=1S/C15H19N3O3/c1-4-21-17(2)15(19)13-9-16-18(11-13)10-12-5-7-14(20-3)8-6-12/h5-9,11H,4,10H2,1-3H3. The van der Waals surface area contributed by atoms with Gasteiger partial charge in [0.05, 0.1) is 32.0 Å². The van der Waals surface area contributed by atoms with Crippen molar-refractivity contribution >= 4 is 5.91 Å². The summed E-state index contributed by atoms with van der Waals surface area (Å²) in [4.78, 5) is 17.2. The van der Waals surface area contributed by atoms with Gasteiger partial charge in [0, 0.05) is 13.2 Å². The van der Waals surface area contributed by atoms with Gasteiger partial charge in [0.2, 0.25) is 0 Å². The fraction of sp³-hybridized carbons (Fsp3) is 0.333. The van der Waals surface area contributed by atoms with Gasteiger partial charge < -0.3 is 4.74 Å². The lowest BCUT2D eigenvalue weighted by Gasteiger charge is -2.13. The zero-order valence-electron chi connectivity index (χ0n) is 12.4. The third-order valence-electron chi connectivity index (χ3n) is 2.99. The average molecular weight is 289 g/mol. The Morgan fingerprint density at radius 2 is 2.05 bits per heavy atom. The van der Waals surface area contributed by atoms with Crippen LogP contribution in [-0.2, 0) is 11.4 Å². The van der Waals surface area contributed by atoms with Crippen molar-refractivity contribution in [3.05, 3.63) is 47.8 Å². The van der Waals surface area contributed by atoms with E-state index in [0.29, 0.717) is 18.7 Å². The molecule has 0 atom stereocenters. The zero-order valence-corrected chi connectivity index (χ0v) is 12.4. The predicted molar refractivity (Wildman–Crippen MR) is 78.0 cm³/mol. The van der Waals surface area contributed by atoms with Gasteiger partial charge in [0.15, 0.2) is 0 Å². The smallest absolute Gasteiger partial charge is 0.280 e. The van der Waals surface area contributed by atoms with Crippen LogP contribution in [0.25, 0.3) is 0 Å². The molecule has 0 N–H and O–H groups in total. The number of benzene rings is 1. The van der Waals surface area contributed by atoms with Gasteiger partial charge in [-0.25, -0.2) is 5.06 Å². The molecule has 0 unspecified atom stereocenters. The highest BCUT2D eigenvalue weighted by atomic mass is 16.7. The number of methoxy groups -OCH3 is 1. The molecule has 2 aromatic rings. The maximum absolute atomic E-state index is 12.0. The number of hydrogen-bond donors (Lipinski definition) is 0. The summed E-state index contributed by atoms with van der Waals surface area (Å²) in [6.07, 6.45) is 3.25. The van der Waals surface area contributed by atoms with E-state index in [0.717, 1.165) is 11.3 Å². The molecule has 112 valence electrons. The molecular formula is C15H19N3O3. The third kappa shape index (κ3) is 3.82. The number of amides is 1. The minimum absolute atomic E-state index is 0.210. The maximum Gasteiger partial charge on any atom is 0.280 e. The Hall–Kier alpha value is -2.34. The van der Waals surface area contributed by atoms with E-state index >= 15 is 0 Å². The molecule has 0 saturated heterocycles. The van der Waals surface area contributed by atoms with E-state index in [1.54, 1.807) is 31.2 Å². The zero-order chi connectivity index (χ0) is 15.2. The normalized spacial score (nSPS) is 10.4. The van der Waals surface area contributed by atoms with E-state index in [-0.39, 0.29) is 5.91 Å². The van der Waals surface area contributed by atoms with Crippen LogP contribution in [0.3, 0.4) is 0 Å². The first kappa shape index (κ1) is 15.1. The van der Waals surface area contributed by atoms with Crippen molar-refractivity contribution in [2.24, 2.45) is 0 Å². The van der Waals surface area contributed by atoms with Crippen LogP contribution < -0.4 is 4.74 Å². The Morgan fingerprint density at radius 1 is 1.33 bits per heavy atom. The van der Waals surface area contributed by atoms with Crippen molar-refractivity contribution in [2.45, 2.75) is 13.5 Å². The molecule has 1 heterocycles. The Kier molecular flexibility index (Phi) is 4.94. The van der Waals surface area contributed by atoms with Crippen LogP contribution in [0, 0.1) is 0 Å². The summed E-state index contributed by atoms with van der Waals surface area (Å²) in [5.41, 5.74) is 1.58. The molecule has 0 bridgehead atoms. The molecule has 6 nitrogen and oxygen atoms in total. The van der Waals surface area contributed by atoms with Gasteiger partial charge in [0.1, 0.15) is 5.75 Å². The van der Waals surface area contributed by atoms with E-state index in [2.05, 4.69) is 5.10 Å². The van der Waals surface area contributed by atoms with Gasteiger partial charge in [0.25, 0.3) is 5.91 Å². The number of rotatable bonds is 6. The molecule has 0 spiro atoms. The second kappa shape index (κ2) is 6.90. The third-order valence-corrected chi connectivity index (χ3v) is 2.99. The van der Waals surface area contributed by atoms with E-state index in [1.165, 1.54) is 5.06 Å². The van der Waals surface area contributed by atoms with Crippen molar-refractivity contribution in [3.63, 3.8) is 0 Å². The molecule has 1 amide bonds. The maximum atomic E-state index is 12.0. The fourth-order valence-electron chi connectivity index (χ4n) is 1.91. The molecule has 0 saturated carbocycles. The Bertz CT molecular complexity index is 592. The number of hydroxylamine groups is 2. The molecule has 6 heteroatoms. The second-order valence-corrected chi connectivity index (χ2v) is 4.50. The molecule has 0 fully saturated rings. The van der Waals surface area contributed by atoms with Crippen LogP contribution in [0.2, 0.25) is 0 Å². The van der Waals surface area contributed by atoms with Crippen molar-refractivity contribution < 1.29 is 14.4 Å². The number of nitrogens with zero attached hydrogens (tertiary/aromatic N) is 3. The number of ether oxygens (including phenoxy) is 1. The lowest BCUT2D eigenvalue weighted by Crippen LogP contribution is -2.26. The largest absolute Gasteiger partial charge is 0.497 e. The summed E-state index contributed by atoms with van der Waals surface area (Å²) >= 11 is 0. The summed E-state index contributed by atoms with van der Waals surface area (Å²) in [6, 6.07) is 7.73. The Labute approximate surface area is 123 Å². The van der Waals surface area contributed by atoms with E-state index in [4.69, 9.17) is 9.57 Å². The first-order valence-electron chi connectivity index (χ1n) is 6.70. The number of carbonyl (C=O) groups is 1. The topological polar surface area (TPSA) is 56.6 Å². The van der Waals surface area contributed by atoms with E-state index in [1.807, 2.05) is 31.2 Å². The van der Waals surface area contributed by atoms with Crippen LogP contribution >= 0.6 is 0 Å². The summed E-state index contributed by atoms with van der Waals surface area (Å²) in [5.74, 6) is 0.603. The average Bonchev–Trinajstić information content (AvgIpc) is 2.96. The molecule has 0 aliphatic heterocycles. The first-order chi connectivity index (χ1) is 10.1. The Balaban J connectivity index is 2.03. The van der Waals surface area contributed by atoms with E-state index < -0.39 is 0 Å². The van der Waals surface area contributed by atoms with Gasteiger partial charge in [-0.3, -0.25) is 14.3 Å². The molecule has 2 rings (SSSR count). The number of carbonyl (C=O) groups excluding carboxylic acids is 1. The Morgan fingerprint density at radius 3 is 2.67 bits per heavy atom. The fourth-order valence-corrected chi connectivity index (χ4v) is 1.91. The van der Waals surface area contributed by atoms with Crippen LogP contribution in [0.4, 0.5) is 0 Å². The lowest BCUT2D eigenvalue weighted by molar-refractivity contribution is -0.100. The molecule has 1 aromatic heterocycles. The highest BCUT2D eigenvalue weighted by molar-refractivity contribution is 5.92. The molecule has 1 aromatic carbocycles. The molecular weight excluding hydrogens is 270 g/mol. The summed E-state index contributed by atoms with van der Waals surface area (Å²) < 4.78 is 6.83. The van der Waals surface area contributed by atoms with E-state index in [9.17, 15) is 4.79 Å². The van der Waals surface area contributed by atoms with Gasteiger partial charge in [-0.1, -0.05) is 12.1 Å². The van der Waals surface area contributed by atoms with Crippen molar-refractivity contribution in [2.75, 3.05) is 20.8 Å². The van der Waals surface area contributed by atoms with Crippen molar-refractivity contribution in [1.82, 2.24) is 14.8 Å². The summed E-state index contributed by atoms with van der Waals surface area (Å²) in [7, 11) is 3.22. The number of hydrogen-bond acceptors (Lipinski definition) is 4. The van der Waals surface area contributed by atoms with Gasteiger partial charge >= 0.3 is 0 Å². The minimum atomic E-state index is -0.210. The summed E-state index contributed by atoms with van der Waals surface area (Å²) in [5, 5.41) is 5.42.